The minimum atomic E-state index is -4.06. The van der Waals surface area contributed by atoms with Gasteiger partial charge in [-0.2, -0.15) is 13.5 Å². The average molecular weight is 602 g/mol. The van der Waals surface area contributed by atoms with E-state index in [-0.39, 0.29) is 40.4 Å². The number of aliphatic hydroxyl groups is 1. The maximum absolute atomic E-state index is 13.1. The highest BCUT2D eigenvalue weighted by atomic mass is 35.5. The highest BCUT2D eigenvalue weighted by Gasteiger charge is 2.34. The van der Waals surface area contributed by atoms with Crippen LogP contribution in [-0.4, -0.2) is 61.6 Å². The summed E-state index contributed by atoms with van der Waals surface area (Å²) >= 11 is 12.5. The summed E-state index contributed by atoms with van der Waals surface area (Å²) in [5.74, 6) is 0.483. The molecule has 5 rings (SSSR count). The fourth-order valence-electron chi connectivity index (χ4n) is 3.98. The van der Waals surface area contributed by atoms with Gasteiger partial charge in [0, 0.05) is 21.2 Å². The lowest BCUT2D eigenvalue weighted by molar-refractivity contribution is -0.0274. The second-order valence-corrected chi connectivity index (χ2v) is 11.2. The van der Waals surface area contributed by atoms with Crippen molar-refractivity contribution in [1.82, 2.24) is 34.4 Å². The second-order valence-electron chi connectivity index (χ2n) is 8.57. The molecule has 15 heteroatoms. The molecule has 1 atom stereocenters. The van der Waals surface area contributed by atoms with E-state index in [2.05, 4.69) is 25.6 Å². The van der Waals surface area contributed by atoms with Crippen molar-refractivity contribution in [3.05, 3.63) is 95.0 Å². The number of hydrogen-bond donors (Lipinski definition) is 1. The third kappa shape index (κ3) is 5.49. The van der Waals surface area contributed by atoms with Crippen LogP contribution in [0.3, 0.4) is 0 Å². The summed E-state index contributed by atoms with van der Waals surface area (Å²) in [5.41, 5.74) is -0.922. The van der Waals surface area contributed by atoms with Crippen LogP contribution in [0, 0.1) is 0 Å². The summed E-state index contributed by atoms with van der Waals surface area (Å²) in [6, 6.07) is 17.2. The van der Waals surface area contributed by atoms with Crippen molar-refractivity contribution in [2.45, 2.75) is 17.0 Å². The zero-order valence-electron chi connectivity index (χ0n) is 20.8. The van der Waals surface area contributed by atoms with E-state index >= 15 is 0 Å². The molecule has 0 spiro atoms. The molecule has 1 unspecified atom stereocenters. The molecule has 3 aromatic carbocycles. The molecule has 0 amide bonds. The molecular formula is C25H21Cl2N7O5S. The summed E-state index contributed by atoms with van der Waals surface area (Å²) in [7, 11) is -2.63. The molecule has 0 fully saturated rings. The third-order valence-corrected chi connectivity index (χ3v) is 8.04. The smallest absolute Gasteiger partial charge is 0.286 e. The van der Waals surface area contributed by atoms with Crippen molar-refractivity contribution in [3.63, 3.8) is 0 Å². The molecule has 1 N–H and O–H groups in total. The topological polar surface area (TPSA) is 147 Å². The van der Waals surface area contributed by atoms with Crippen LogP contribution in [0.2, 0.25) is 10.0 Å². The molecule has 0 aliphatic rings. The summed E-state index contributed by atoms with van der Waals surface area (Å²) in [4.78, 5) is 3.96. The first-order chi connectivity index (χ1) is 19.2. The molecule has 2 aromatic heterocycles. The standard InChI is InChI=1S/C25H21Cl2N7O5S/c1-38-23-11-17(24-30-31-32-34(24)40(36,37)19-5-3-2-4-6-19)7-10-22(23)39-14-25(35,13-33-16-28-15-29-33)20-9-8-18(26)12-21(20)27/h2-12,15-16,35H,13-14H2,1H3. The maximum Gasteiger partial charge on any atom is 0.286 e. The van der Waals surface area contributed by atoms with Crippen LogP contribution in [0.4, 0.5) is 0 Å². The summed E-state index contributed by atoms with van der Waals surface area (Å²) in [6.45, 7) is -0.287. The third-order valence-electron chi connectivity index (χ3n) is 5.92. The Balaban J connectivity index is 1.45. The van der Waals surface area contributed by atoms with Crippen LogP contribution in [0.1, 0.15) is 5.56 Å². The van der Waals surface area contributed by atoms with Crippen LogP contribution in [0.25, 0.3) is 11.4 Å². The Bertz CT molecular complexity index is 1730. The second kappa shape index (κ2) is 11.2. The highest BCUT2D eigenvalue weighted by molar-refractivity contribution is 7.90. The summed E-state index contributed by atoms with van der Waals surface area (Å²) < 4.78 is 40.0. The van der Waals surface area contributed by atoms with E-state index in [1.165, 1.54) is 48.7 Å². The molecule has 0 saturated heterocycles. The average Bonchev–Trinajstić information content (AvgIpc) is 3.65. The van der Waals surface area contributed by atoms with Gasteiger partial charge in [-0.15, -0.1) is 9.19 Å². The van der Waals surface area contributed by atoms with Crippen molar-refractivity contribution >= 4 is 33.2 Å². The van der Waals surface area contributed by atoms with Gasteiger partial charge in [-0.25, -0.2) is 9.67 Å². The number of halogens is 2. The lowest BCUT2D eigenvalue weighted by atomic mass is 9.94. The molecule has 40 heavy (non-hydrogen) atoms. The van der Waals surface area contributed by atoms with Gasteiger partial charge < -0.3 is 14.6 Å². The first-order valence-corrected chi connectivity index (χ1v) is 13.8. The number of aromatic nitrogens is 7. The van der Waals surface area contributed by atoms with E-state index in [0.717, 1.165) is 4.09 Å². The van der Waals surface area contributed by atoms with E-state index in [0.29, 0.717) is 16.1 Å². The van der Waals surface area contributed by atoms with Gasteiger partial charge in [0.15, 0.2) is 17.3 Å². The molecule has 0 radical (unpaired) electrons. The molecule has 206 valence electrons. The number of nitrogens with zero attached hydrogens (tertiary/aromatic N) is 7. The van der Waals surface area contributed by atoms with Gasteiger partial charge >= 0.3 is 0 Å². The molecule has 0 aliphatic carbocycles. The van der Waals surface area contributed by atoms with Crippen LogP contribution in [0.15, 0.2) is 84.3 Å². The fraction of sp³-hybridized carbons (Fsp3) is 0.160. The number of rotatable bonds is 10. The Morgan fingerprint density at radius 1 is 1.02 bits per heavy atom. The maximum atomic E-state index is 13.1. The largest absolute Gasteiger partial charge is 0.493 e. The molecule has 2 heterocycles. The van der Waals surface area contributed by atoms with Crippen LogP contribution < -0.4 is 9.47 Å². The number of tetrazole rings is 1. The monoisotopic (exact) mass is 601 g/mol. The minimum absolute atomic E-state index is 0.0238. The Labute approximate surface area is 238 Å². The van der Waals surface area contributed by atoms with Crippen LogP contribution in [-0.2, 0) is 22.2 Å². The normalized spacial score (nSPS) is 13.1. The predicted octanol–water partition coefficient (Wildman–Crippen LogP) is 3.45. The SMILES string of the molecule is COc1cc(-c2nnnn2S(=O)(=O)c2ccccc2)ccc1OCC(O)(Cn1cncn1)c1ccc(Cl)cc1Cl. The van der Waals surface area contributed by atoms with E-state index in [9.17, 15) is 13.5 Å². The first kappa shape index (κ1) is 27.5. The zero-order chi connectivity index (χ0) is 28.3. The van der Waals surface area contributed by atoms with Gasteiger partial charge in [0.1, 0.15) is 24.9 Å². The van der Waals surface area contributed by atoms with Crippen molar-refractivity contribution in [3.8, 4) is 22.9 Å². The number of hydrogen-bond acceptors (Lipinski definition) is 10. The summed E-state index contributed by atoms with van der Waals surface area (Å²) in [5, 5.41) is 27.6. The predicted molar refractivity (Wildman–Crippen MR) is 145 cm³/mol. The Morgan fingerprint density at radius 3 is 2.52 bits per heavy atom. The molecule has 12 nitrogen and oxygen atoms in total. The quantitative estimate of drug-likeness (QED) is 0.252. The van der Waals surface area contributed by atoms with E-state index in [4.69, 9.17) is 32.7 Å². The molecule has 0 aliphatic heterocycles. The summed E-state index contributed by atoms with van der Waals surface area (Å²) in [6.07, 6.45) is 2.80. The number of benzene rings is 3. The van der Waals surface area contributed by atoms with E-state index in [1.807, 2.05) is 0 Å². The molecule has 0 bridgehead atoms. The van der Waals surface area contributed by atoms with Crippen LogP contribution in [0.5, 0.6) is 11.5 Å². The number of ether oxygens (including phenoxy) is 2. The van der Waals surface area contributed by atoms with E-state index < -0.39 is 15.6 Å². The lowest BCUT2D eigenvalue weighted by Crippen LogP contribution is -2.38. The number of methoxy groups -OCH3 is 1. The van der Waals surface area contributed by atoms with Crippen LogP contribution >= 0.6 is 23.2 Å². The zero-order valence-corrected chi connectivity index (χ0v) is 23.1. The molecular weight excluding hydrogens is 581 g/mol. The Kier molecular flexibility index (Phi) is 7.72. The lowest BCUT2D eigenvalue weighted by Gasteiger charge is -2.29. The van der Waals surface area contributed by atoms with Crippen molar-refractivity contribution in [2.75, 3.05) is 13.7 Å². The van der Waals surface area contributed by atoms with Crippen molar-refractivity contribution in [2.24, 2.45) is 0 Å². The van der Waals surface area contributed by atoms with Gasteiger partial charge in [0.25, 0.3) is 10.0 Å². The first-order valence-electron chi connectivity index (χ1n) is 11.6. The molecule has 5 aromatic rings. The molecule has 0 saturated carbocycles. The fourth-order valence-corrected chi connectivity index (χ4v) is 5.77. The van der Waals surface area contributed by atoms with Crippen molar-refractivity contribution < 1.29 is 23.0 Å². The van der Waals surface area contributed by atoms with Crippen molar-refractivity contribution in [1.29, 1.82) is 0 Å². The highest BCUT2D eigenvalue weighted by Crippen LogP contribution is 2.36. The Morgan fingerprint density at radius 2 is 1.82 bits per heavy atom. The minimum Gasteiger partial charge on any atom is -0.493 e. The Hall–Kier alpha value is -4.04. The van der Waals surface area contributed by atoms with Gasteiger partial charge in [-0.3, -0.25) is 0 Å². The van der Waals surface area contributed by atoms with E-state index in [1.54, 1.807) is 42.5 Å². The van der Waals surface area contributed by atoms with Gasteiger partial charge in [-0.1, -0.05) is 47.5 Å². The van der Waals surface area contributed by atoms with Gasteiger partial charge in [0.05, 0.1) is 18.6 Å². The van der Waals surface area contributed by atoms with Gasteiger partial charge in [-0.05, 0) is 52.9 Å². The van der Waals surface area contributed by atoms with Gasteiger partial charge in [0.2, 0.25) is 0 Å².